The minimum atomic E-state index is -1.20. The predicted octanol–water partition coefficient (Wildman–Crippen LogP) is 2.07. The number of carboxylic acid groups (broad SMARTS) is 4. The van der Waals surface area contributed by atoms with E-state index in [1.807, 2.05) is 0 Å². The number of benzene rings is 2. The van der Waals surface area contributed by atoms with Crippen molar-refractivity contribution >= 4 is 46.2 Å². The number of ether oxygens (including phenoxy) is 1. The number of fused-ring (bicyclic) bond motifs is 1. The molecule has 0 aliphatic carbocycles. The number of aryl methyl sites for hydroxylation is 1. The van der Waals surface area contributed by atoms with Gasteiger partial charge in [0, 0.05) is 5.39 Å². The second-order valence-electron chi connectivity index (χ2n) is 8.20. The topological polar surface area (TPSA) is 178 Å². The van der Waals surface area contributed by atoms with Crippen LogP contribution in [0.4, 0.5) is 11.4 Å². The highest BCUT2D eigenvalue weighted by atomic mass is 16.5. The Kier molecular flexibility index (Phi) is 8.46. The summed E-state index contributed by atoms with van der Waals surface area (Å²) < 4.78 is 5.93. The Labute approximate surface area is 210 Å². The second kappa shape index (κ2) is 11.7. The summed E-state index contributed by atoms with van der Waals surface area (Å²) in [5, 5.41) is 37.6. The molecule has 37 heavy (non-hydrogen) atoms. The summed E-state index contributed by atoms with van der Waals surface area (Å²) in [6.07, 6.45) is 0. The van der Waals surface area contributed by atoms with Gasteiger partial charge in [0.2, 0.25) is 0 Å². The van der Waals surface area contributed by atoms with Crippen LogP contribution in [0.1, 0.15) is 11.3 Å². The smallest absolute Gasteiger partial charge is 0.323 e. The molecule has 1 aromatic heterocycles. The van der Waals surface area contributed by atoms with Gasteiger partial charge in [-0.05, 0) is 36.8 Å². The van der Waals surface area contributed by atoms with Crippen molar-refractivity contribution < 1.29 is 44.3 Å². The van der Waals surface area contributed by atoms with Gasteiger partial charge in [-0.2, -0.15) is 0 Å². The maximum absolute atomic E-state index is 11.3. The number of rotatable bonds is 13. The zero-order chi connectivity index (χ0) is 27.1. The molecule has 4 N–H and O–H groups in total. The maximum Gasteiger partial charge on any atom is 0.323 e. The molecule has 0 aliphatic heterocycles. The largest absolute Gasteiger partial charge is 0.485 e. The number of carboxylic acids is 4. The average Bonchev–Trinajstić information content (AvgIpc) is 2.80. The fourth-order valence-corrected chi connectivity index (χ4v) is 3.76. The Hall–Kier alpha value is -4.87. The Morgan fingerprint density at radius 1 is 0.757 bits per heavy atom. The molecule has 12 nitrogen and oxygen atoms in total. The molecule has 0 spiro atoms. The van der Waals surface area contributed by atoms with E-state index in [-0.39, 0.29) is 18.0 Å². The van der Waals surface area contributed by atoms with Crippen LogP contribution in [0.5, 0.6) is 5.75 Å². The van der Waals surface area contributed by atoms with Crippen LogP contribution in [0.3, 0.4) is 0 Å². The van der Waals surface area contributed by atoms with E-state index in [4.69, 9.17) is 4.74 Å². The van der Waals surface area contributed by atoms with Crippen LogP contribution in [0, 0.1) is 6.92 Å². The SMILES string of the molecule is Cc1ccc(N(CC(=O)O)CC(=O)O)c(OCc2ccc3cccc(N(CC(=O)O)CC(=O)O)c3n2)c1. The van der Waals surface area contributed by atoms with Gasteiger partial charge in [-0.15, -0.1) is 0 Å². The van der Waals surface area contributed by atoms with Gasteiger partial charge in [-0.1, -0.05) is 24.3 Å². The van der Waals surface area contributed by atoms with Crippen molar-refractivity contribution in [3.05, 3.63) is 59.8 Å². The molecule has 1 heterocycles. The van der Waals surface area contributed by atoms with Crippen LogP contribution in [-0.2, 0) is 25.8 Å². The average molecular weight is 511 g/mol. The van der Waals surface area contributed by atoms with E-state index in [1.165, 1.54) is 9.80 Å². The highest BCUT2D eigenvalue weighted by Crippen LogP contribution is 2.31. The van der Waals surface area contributed by atoms with Gasteiger partial charge in [0.1, 0.15) is 38.5 Å². The quantitative estimate of drug-likeness (QED) is 0.263. The Morgan fingerprint density at radius 2 is 1.32 bits per heavy atom. The lowest BCUT2D eigenvalue weighted by atomic mass is 10.1. The van der Waals surface area contributed by atoms with Gasteiger partial charge in [0.25, 0.3) is 0 Å². The van der Waals surface area contributed by atoms with Crippen LogP contribution in [0.2, 0.25) is 0 Å². The van der Waals surface area contributed by atoms with Gasteiger partial charge in [0.05, 0.1) is 22.6 Å². The van der Waals surface area contributed by atoms with Crippen LogP contribution in [0.25, 0.3) is 10.9 Å². The van der Waals surface area contributed by atoms with Gasteiger partial charge >= 0.3 is 23.9 Å². The first kappa shape index (κ1) is 26.7. The highest BCUT2D eigenvalue weighted by Gasteiger charge is 2.20. The molecule has 0 bridgehead atoms. The third kappa shape index (κ3) is 7.31. The van der Waals surface area contributed by atoms with Crippen molar-refractivity contribution in [1.82, 2.24) is 4.98 Å². The number of pyridine rings is 1. The van der Waals surface area contributed by atoms with Crippen molar-refractivity contribution in [2.24, 2.45) is 0 Å². The fourth-order valence-electron chi connectivity index (χ4n) is 3.76. The van der Waals surface area contributed by atoms with Crippen molar-refractivity contribution in [3.8, 4) is 5.75 Å². The Bertz CT molecular complexity index is 1310. The zero-order valence-electron chi connectivity index (χ0n) is 19.8. The van der Waals surface area contributed by atoms with Gasteiger partial charge in [-0.25, -0.2) is 4.98 Å². The van der Waals surface area contributed by atoms with Crippen molar-refractivity contribution in [3.63, 3.8) is 0 Å². The summed E-state index contributed by atoms with van der Waals surface area (Å²) in [4.78, 5) is 52.2. The first-order valence-electron chi connectivity index (χ1n) is 11.0. The van der Waals surface area contributed by atoms with E-state index in [0.717, 1.165) is 5.56 Å². The molecule has 2 aromatic carbocycles. The molecular formula is C25H25N3O9. The summed E-state index contributed by atoms with van der Waals surface area (Å²) in [5.74, 6) is -4.54. The Morgan fingerprint density at radius 3 is 1.89 bits per heavy atom. The molecule has 3 aromatic rings. The van der Waals surface area contributed by atoms with Crippen molar-refractivity contribution in [2.45, 2.75) is 13.5 Å². The number of carbonyl (C=O) groups is 4. The van der Waals surface area contributed by atoms with Crippen molar-refractivity contribution in [1.29, 1.82) is 0 Å². The lowest BCUT2D eigenvalue weighted by Gasteiger charge is -2.24. The molecular weight excluding hydrogens is 486 g/mol. The zero-order valence-corrected chi connectivity index (χ0v) is 19.8. The molecule has 0 saturated carbocycles. The van der Waals surface area contributed by atoms with E-state index in [9.17, 15) is 39.6 Å². The molecule has 0 aliphatic rings. The number of nitrogens with zero attached hydrogens (tertiary/aromatic N) is 3. The normalized spacial score (nSPS) is 10.6. The van der Waals surface area contributed by atoms with Crippen LogP contribution >= 0.6 is 0 Å². The molecule has 0 saturated heterocycles. The second-order valence-corrected chi connectivity index (χ2v) is 8.20. The predicted molar refractivity (Wildman–Crippen MR) is 132 cm³/mol. The molecule has 194 valence electrons. The van der Waals surface area contributed by atoms with Gasteiger partial charge in [0.15, 0.2) is 0 Å². The van der Waals surface area contributed by atoms with E-state index in [2.05, 4.69) is 4.98 Å². The molecule has 0 atom stereocenters. The Balaban J connectivity index is 1.95. The maximum atomic E-state index is 11.3. The molecule has 12 heteroatoms. The first-order chi connectivity index (χ1) is 17.5. The highest BCUT2D eigenvalue weighted by molar-refractivity contribution is 5.94. The molecule has 0 unspecified atom stereocenters. The van der Waals surface area contributed by atoms with Crippen LogP contribution < -0.4 is 14.5 Å². The van der Waals surface area contributed by atoms with E-state index >= 15 is 0 Å². The van der Waals surface area contributed by atoms with E-state index < -0.39 is 50.1 Å². The third-order valence-corrected chi connectivity index (χ3v) is 5.23. The fraction of sp³-hybridized carbons (Fsp3) is 0.240. The number of hydrogen-bond donors (Lipinski definition) is 4. The number of hydrogen-bond acceptors (Lipinski definition) is 8. The lowest BCUT2D eigenvalue weighted by Crippen LogP contribution is -2.34. The first-order valence-corrected chi connectivity index (χ1v) is 11.0. The molecule has 0 amide bonds. The summed E-state index contributed by atoms with van der Waals surface area (Å²) in [5.41, 5.74) is 2.23. The van der Waals surface area contributed by atoms with Crippen LogP contribution in [-0.4, -0.2) is 75.5 Å². The number of aliphatic carboxylic acids is 4. The minimum Gasteiger partial charge on any atom is -0.485 e. The van der Waals surface area contributed by atoms with Crippen LogP contribution in [0.15, 0.2) is 48.5 Å². The number of aromatic nitrogens is 1. The summed E-state index contributed by atoms with van der Waals surface area (Å²) in [6, 6.07) is 13.4. The van der Waals surface area contributed by atoms with Gasteiger partial charge in [-0.3, -0.25) is 19.2 Å². The summed E-state index contributed by atoms with van der Waals surface area (Å²) in [7, 11) is 0. The number of anilines is 2. The summed E-state index contributed by atoms with van der Waals surface area (Å²) >= 11 is 0. The minimum absolute atomic E-state index is 0.0768. The lowest BCUT2D eigenvalue weighted by molar-refractivity contribution is -0.138. The molecule has 0 radical (unpaired) electrons. The van der Waals surface area contributed by atoms with E-state index in [0.29, 0.717) is 22.3 Å². The standard InChI is InChI=1S/C25H25N3O9/c1-15-5-8-18(27(10-21(29)30)11-22(31)32)20(9-15)37-14-17-7-6-16-3-2-4-19(25(16)26-17)28(12-23(33)34)13-24(35)36/h2-9H,10-14H2,1H3,(H,29,30)(H,31,32)(H,33,34)(H,35,36). The third-order valence-electron chi connectivity index (χ3n) is 5.23. The molecule has 3 rings (SSSR count). The number of para-hydroxylation sites is 1. The summed E-state index contributed by atoms with van der Waals surface area (Å²) in [6.45, 7) is -0.451. The molecule has 0 fully saturated rings. The van der Waals surface area contributed by atoms with Gasteiger partial charge < -0.3 is 35.0 Å². The van der Waals surface area contributed by atoms with Crippen molar-refractivity contribution in [2.75, 3.05) is 36.0 Å². The van der Waals surface area contributed by atoms with E-state index in [1.54, 1.807) is 55.5 Å². The monoisotopic (exact) mass is 511 g/mol.